The molecule has 0 spiro atoms. The van der Waals surface area contributed by atoms with Crippen molar-refractivity contribution in [1.82, 2.24) is 5.32 Å². The predicted molar refractivity (Wildman–Crippen MR) is 88.0 cm³/mol. The Bertz CT molecular complexity index is 641. The van der Waals surface area contributed by atoms with Crippen molar-refractivity contribution in [2.24, 2.45) is 0 Å². The third-order valence-electron chi connectivity index (χ3n) is 3.35. The van der Waals surface area contributed by atoms with E-state index in [1.54, 1.807) is 12.1 Å². The van der Waals surface area contributed by atoms with Gasteiger partial charge in [-0.25, -0.2) is 4.79 Å². The summed E-state index contributed by atoms with van der Waals surface area (Å²) in [5.74, 6) is -3.38. The average Bonchev–Trinajstić information content (AvgIpc) is 2.62. The Morgan fingerprint density at radius 1 is 1.00 bits per heavy atom. The molecule has 1 unspecified atom stereocenters. The van der Waals surface area contributed by atoms with Crippen LogP contribution < -0.4 is 5.32 Å². The smallest absolute Gasteiger partial charge is 0.396 e. The van der Waals surface area contributed by atoms with Crippen molar-refractivity contribution in [2.45, 2.75) is 25.3 Å². The Balaban J connectivity index is 2.52. The fourth-order valence-corrected chi connectivity index (χ4v) is 2.00. The van der Waals surface area contributed by atoms with Crippen LogP contribution in [-0.2, 0) is 39.8 Å². The molecule has 26 heavy (non-hydrogen) atoms. The second kappa shape index (κ2) is 10.7. The summed E-state index contributed by atoms with van der Waals surface area (Å²) in [6.07, 6.45) is -0.179. The minimum atomic E-state index is -1.14. The number of carbonyl (C=O) groups is 4. The van der Waals surface area contributed by atoms with E-state index in [0.717, 1.165) is 19.8 Å². The number of hydrogen-bond donors (Lipinski definition) is 2. The first kappa shape index (κ1) is 20.9. The molecule has 0 saturated heterocycles. The van der Waals surface area contributed by atoms with Crippen LogP contribution in [0.15, 0.2) is 24.3 Å². The number of rotatable bonds is 8. The number of carbonyl (C=O) groups excluding carboxylic acids is 4. The van der Waals surface area contributed by atoms with E-state index in [1.807, 2.05) is 0 Å². The zero-order valence-corrected chi connectivity index (χ0v) is 14.5. The quantitative estimate of drug-likeness (QED) is 0.376. The molecular formula is C17H21NO8. The van der Waals surface area contributed by atoms with Gasteiger partial charge in [-0.15, -0.1) is 0 Å². The number of nitrogens with one attached hydrogen (secondary N) is 1. The fraction of sp³-hybridized carbons (Fsp3) is 0.412. The summed E-state index contributed by atoms with van der Waals surface area (Å²) < 4.78 is 13.8. The molecule has 9 heteroatoms. The van der Waals surface area contributed by atoms with E-state index in [-0.39, 0.29) is 25.2 Å². The maximum absolute atomic E-state index is 11.9. The zero-order valence-electron chi connectivity index (χ0n) is 14.5. The van der Waals surface area contributed by atoms with E-state index in [1.165, 1.54) is 12.1 Å². The Morgan fingerprint density at radius 2 is 1.62 bits per heavy atom. The summed E-state index contributed by atoms with van der Waals surface area (Å²) in [4.78, 5) is 46.0. The predicted octanol–water partition coefficient (Wildman–Crippen LogP) is 0.0889. The van der Waals surface area contributed by atoms with Gasteiger partial charge < -0.3 is 24.6 Å². The van der Waals surface area contributed by atoms with E-state index in [9.17, 15) is 24.3 Å². The zero-order chi connectivity index (χ0) is 19.5. The van der Waals surface area contributed by atoms with Crippen LogP contribution in [-0.4, -0.2) is 55.8 Å². The number of aromatic hydroxyl groups is 1. The third-order valence-corrected chi connectivity index (χ3v) is 3.35. The highest BCUT2D eigenvalue weighted by atomic mass is 16.5. The lowest BCUT2D eigenvalue weighted by atomic mass is 10.1. The maximum atomic E-state index is 11.9. The standard InChI is InChI=1S/C17H21NO8/c1-24-14(20)9-12(18-16(22)17(23)25-2)10-15(21)26-8-7-11-3-5-13(19)6-4-11/h3-6,12,19H,7-10H2,1-2H3,(H,18,22). The highest BCUT2D eigenvalue weighted by Gasteiger charge is 2.24. The summed E-state index contributed by atoms with van der Waals surface area (Å²) in [5.41, 5.74) is 0.862. The van der Waals surface area contributed by atoms with Crippen molar-refractivity contribution in [3.63, 3.8) is 0 Å². The second-order valence-corrected chi connectivity index (χ2v) is 5.28. The van der Waals surface area contributed by atoms with Gasteiger partial charge in [0.1, 0.15) is 5.75 Å². The van der Waals surface area contributed by atoms with Crippen molar-refractivity contribution in [3.8, 4) is 5.75 Å². The third kappa shape index (κ3) is 7.65. The molecule has 0 fully saturated rings. The SMILES string of the molecule is COC(=O)CC(CC(=O)OCCc1ccc(O)cc1)NC(=O)C(=O)OC. The first-order valence-corrected chi connectivity index (χ1v) is 7.74. The van der Waals surface area contributed by atoms with Gasteiger partial charge in [0.05, 0.1) is 39.7 Å². The molecule has 1 amide bonds. The van der Waals surface area contributed by atoms with E-state index < -0.39 is 29.9 Å². The van der Waals surface area contributed by atoms with Crippen LogP contribution in [0.5, 0.6) is 5.75 Å². The Morgan fingerprint density at radius 3 is 2.19 bits per heavy atom. The fourth-order valence-electron chi connectivity index (χ4n) is 2.00. The molecule has 0 heterocycles. The largest absolute Gasteiger partial charge is 0.508 e. The summed E-state index contributed by atoms with van der Waals surface area (Å²) in [7, 11) is 2.20. The summed E-state index contributed by atoms with van der Waals surface area (Å²) >= 11 is 0. The molecule has 1 aromatic carbocycles. The molecule has 0 aliphatic rings. The molecule has 1 atom stereocenters. The number of amides is 1. The molecule has 0 aromatic heterocycles. The van der Waals surface area contributed by atoms with E-state index in [4.69, 9.17) is 4.74 Å². The Kier molecular flexibility index (Phi) is 8.62. The normalized spacial score (nSPS) is 11.2. The van der Waals surface area contributed by atoms with Gasteiger partial charge in [0.2, 0.25) is 0 Å². The lowest BCUT2D eigenvalue weighted by Gasteiger charge is -2.16. The Labute approximate surface area is 150 Å². The molecule has 0 aliphatic heterocycles. The van der Waals surface area contributed by atoms with Crippen molar-refractivity contribution >= 4 is 23.8 Å². The highest BCUT2D eigenvalue weighted by Crippen LogP contribution is 2.10. The number of benzene rings is 1. The van der Waals surface area contributed by atoms with Gasteiger partial charge in [0.15, 0.2) is 0 Å². The molecule has 0 aliphatic carbocycles. The molecular weight excluding hydrogens is 346 g/mol. The van der Waals surface area contributed by atoms with Gasteiger partial charge in [0, 0.05) is 6.42 Å². The minimum absolute atomic E-state index is 0.0828. The van der Waals surface area contributed by atoms with E-state index in [2.05, 4.69) is 14.8 Å². The summed E-state index contributed by atoms with van der Waals surface area (Å²) in [6.45, 7) is 0.0828. The number of hydrogen-bond acceptors (Lipinski definition) is 8. The van der Waals surface area contributed by atoms with Gasteiger partial charge in [0.25, 0.3) is 0 Å². The van der Waals surface area contributed by atoms with Crippen LogP contribution in [0, 0.1) is 0 Å². The van der Waals surface area contributed by atoms with Crippen molar-refractivity contribution < 1.29 is 38.5 Å². The van der Waals surface area contributed by atoms with Crippen LogP contribution in [0.1, 0.15) is 18.4 Å². The topological polar surface area (TPSA) is 128 Å². The number of phenols is 1. The molecule has 2 N–H and O–H groups in total. The molecule has 1 aromatic rings. The minimum Gasteiger partial charge on any atom is -0.508 e. The van der Waals surface area contributed by atoms with Gasteiger partial charge in [-0.1, -0.05) is 12.1 Å². The van der Waals surface area contributed by atoms with Crippen molar-refractivity contribution in [1.29, 1.82) is 0 Å². The van der Waals surface area contributed by atoms with Crippen molar-refractivity contribution in [2.75, 3.05) is 20.8 Å². The lowest BCUT2D eigenvalue weighted by Crippen LogP contribution is -2.42. The van der Waals surface area contributed by atoms with Crippen LogP contribution in [0.2, 0.25) is 0 Å². The molecule has 9 nitrogen and oxygen atoms in total. The summed E-state index contributed by atoms with van der Waals surface area (Å²) in [6, 6.07) is 5.47. The van der Waals surface area contributed by atoms with Crippen LogP contribution in [0.3, 0.4) is 0 Å². The van der Waals surface area contributed by atoms with E-state index in [0.29, 0.717) is 6.42 Å². The number of methoxy groups -OCH3 is 2. The first-order valence-electron chi connectivity index (χ1n) is 7.74. The number of ether oxygens (including phenoxy) is 3. The molecule has 0 radical (unpaired) electrons. The number of esters is 3. The monoisotopic (exact) mass is 367 g/mol. The van der Waals surface area contributed by atoms with Gasteiger partial charge in [-0.3, -0.25) is 14.4 Å². The maximum Gasteiger partial charge on any atom is 0.396 e. The van der Waals surface area contributed by atoms with Gasteiger partial charge in [-0.05, 0) is 17.7 Å². The number of phenolic OH excluding ortho intramolecular Hbond substituents is 1. The average molecular weight is 367 g/mol. The van der Waals surface area contributed by atoms with Crippen LogP contribution in [0.4, 0.5) is 0 Å². The molecule has 0 saturated carbocycles. The molecule has 0 bridgehead atoms. The molecule has 142 valence electrons. The highest BCUT2D eigenvalue weighted by molar-refractivity contribution is 6.32. The van der Waals surface area contributed by atoms with Crippen LogP contribution in [0.25, 0.3) is 0 Å². The van der Waals surface area contributed by atoms with E-state index >= 15 is 0 Å². The van der Waals surface area contributed by atoms with Gasteiger partial charge >= 0.3 is 23.8 Å². The molecule has 1 rings (SSSR count). The second-order valence-electron chi connectivity index (χ2n) is 5.28. The first-order chi connectivity index (χ1) is 12.3. The van der Waals surface area contributed by atoms with Crippen LogP contribution >= 0.6 is 0 Å². The van der Waals surface area contributed by atoms with Crippen molar-refractivity contribution in [3.05, 3.63) is 29.8 Å². The van der Waals surface area contributed by atoms with Gasteiger partial charge in [-0.2, -0.15) is 0 Å². The lowest BCUT2D eigenvalue weighted by molar-refractivity contribution is -0.154. The summed E-state index contributed by atoms with van der Waals surface area (Å²) in [5, 5.41) is 11.4. The Hall–Kier alpha value is -3.10.